The van der Waals surface area contributed by atoms with Crippen LogP contribution in [0, 0.1) is 5.82 Å². The summed E-state index contributed by atoms with van der Waals surface area (Å²) in [5.74, 6) is 0.298. The minimum absolute atomic E-state index is 0.136. The molecule has 152 valence electrons. The van der Waals surface area contributed by atoms with Gasteiger partial charge in [-0.15, -0.1) is 0 Å². The van der Waals surface area contributed by atoms with E-state index in [4.69, 9.17) is 4.74 Å². The van der Waals surface area contributed by atoms with Gasteiger partial charge in [0, 0.05) is 12.6 Å². The highest BCUT2D eigenvalue weighted by molar-refractivity contribution is 7.92. The molecule has 3 aromatic rings. The molecule has 29 heavy (non-hydrogen) atoms. The summed E-state index contributed by atoms with van der Waals surface area (Å²) in [4.78, 5) is 6.02. The van der Waals surface area contributed by atoms with Gasteiger partial charge in [0.25, 0.3) is 0 Å². The van der Waals surface area contributed by atoms with Crippen LogP contribution in [0.4, 0.5) is 15.9 Å². The van der Waals surface area contributed by atoms with E-state index in [1.807, 2.05) is 17.1 Å². The van der Waals surface area contributed by atoms with Gasteiger partial charge >= 0.3 is 0 Å². The maximum atomic E-state index is 13.7. The average molecular weight is 416 g/mol. The van der Waals surface area contributed by atoms with Crippen LogP contribution in [0.1, 0.15) is 26.3 Å². The monoisotopic (exact) mass is 416 g/mol. The Hall–Kier alpha value is -2.94. The Bertz CT molecular complexity index is 1240. The fourth-order valence-electron chi connectivity index (χ4n) is 3.29. The molecule has 0 atom stereocenters. The molecule has 0 fully saturated rings. The highest BCUT2D eigenvalue weighted by Gasteiger charge is 2.35. The van der Waals surface area contributed by atoms with Crippen LogP contribution in [0.15, 0.2) is 35.4 Å². The molecule has 0 aliphatic carbocycles. The molecule has 3 heterocycles. The Morgan fingerprint density at radius 3 is 2.69 bits per heavy atom. The smallest absolute Gasteiger partial charge is 0.186 e. The van der Waals surface area contributed by atoms with Crippen LogP contribution in [-0.2, 0) is 9.84 Å². The summed E-state index contributed by atoms with van der Waals surface area (Å²) >= 11 is 0. The van der Waals surface area contributed by atoms with E-state index in [1.165, 1.54) is 13.2 Å². The molecule has 0 spiro atoms. The Balaban J connectivity index is 1.91. The Morgan fingerprint density at radius 2 is 2.00 bits per heavy atom. The number of nitrogens with one attached hydrogen (secondary N) is 1. The summed E-state index contributed by atoms with van der Waals surface area (Å²) in [6.45, 7) is 5.44. The molecule has 0 bridgehead atoms. The van der Waals surface area contributed by atoms with Gasteiger partial charge in [-0.05, 0) is 38.5 Å². The molecule has 7 nitrogen and oxygen atoms in total. The second kappa shape index (κ2) is 6.55. The Morgan fingerprint density at radius 1 is 1.24 bits per heavy atom. The maximum absolute atomic E-state index is 13.7. The number of fused-ring (bicyclic) bond motifs is 2. The van der Waals surface area contributed by atoms with Crippen LogP contribution < -0.4 is 9.64 Å². The van der Waals surface area contributed by atoms with E-state index in [1.54, 1.807) is 32.9 Å². The molecular weight excluding hydrogens is 395 g/mol. The first kappa shape index (κ1) is 19.4. The van der Waals surface area contributed by atoms with E-state index >= 15 is 0 Å². The van der Waals surface area contributed by atoms with Crippen LogP contribution in [0.5, 0.6) is 5.75 Å². The first-order chi connectivity index (χ1) is 13.6. The molecule has 0 unspecified atom stereocenters. The van der Waals surface area contributed by atoms with E-state index in [-0.39, 0.29) is 10.6 Å². The van der Waals surface area contributed by atoms with Gasteiger partial charge in [-0.3, -0.25) is 5.10 Å². The quantitative estimate of drug-likeness (QED) is 0.698. The van der Waals surface area contributed by atoms with Crippen molar-refractivity contribution in [2.24, 2.45) is 0 Å². The molecule has 1 aromatic carbocycles. The van der Waals surface area contributed by atoms with Crippen LogP contribution in [0.25, 0.3) is 17.1 Å². The Kier molecular flexibility index (Phi) is 4.38. The second-order valence-corrected chi connectivity index (χ2v) is 10.5. The predicted octanol–water partition coefficient (Wildman–Crippen LogP) is 3.84. The zero-order valence-corrected chi connectivity index (χ0v) is 17.3. The number of H-pyrrole nitrogens is 1. The van der Waals surface area contributed by atoms with Gasteiger partial charge in [0.1, 0.15) is 16.5 Å². The number of hydrogen-bond acceptors (Lipinski definition) is 6. The fourth-order valence-corrected chi connectivity index (χ4v) is 4.64. The number of hydrogen-bond donors (Lipinski definition) is 1. The van der Waals surface area contributed by atoms with E-state index in [0.29, 0.717) is 29.0 Å². The van der Waals surface area contributed by atoms with Gasteiger partial charge in [0.05, 0.1) is 29.1 Å². The van der Waals surface area contributed by atoms with Gasteiger partial charge in [0.2, 0.25) is 0 Å². The Labute approximate surface area is 168 Å². The number of benzene rings is 1. The predicted molar refractivity (Wildman–Crippen MR) is 110 cm³/mol. The lowest BCUT2D eigenvalue weighted by Gasteiger charge is -2.29. The molecule has 0 saturated carbocycles. The van der Waals surface area contributed by atoms with Crippen molar-refractivity contribution in [1.82, 2.24) is 15.2 Å². The van der Waals surface area contributed by atoms with E-state index in [2.05, 4.69) is 15.2 Å². The van der Waals surface area contributed by atoms with E-state index in [9.17, 15) is 12.8 Å². The molecule has 0 radical (unpaired) electrons. The van der Waals surface area contributed by atoms with Crippen molar-refractivity contribution < 1.29 is 17.5 Å². The first-order valence-corrected chi connectivity index (χ1v) is 10.5. The zero-order valence-electron chi connectivity index (χ0n) is 16.5. The average Bonchev–Trinajstić information content (AvgIpc) is 3.08. The lowest BCUT2D eigenvalue weighted by atomic mass is 10.1. The first-order valence-electron chi connectivity index (χ1n) is 9.04. The summed E-state index contributed by atoms with van der Waals surface area (Å²) in [7, 11) is -2.18. The number of anilines is 2. The lowest BCUT2D eigenvalue weighted by molar-refractivity contribution is 0.402. The maximum Gasteiger partial charge on any atom is 0.186 e. The fraction of sp³-hybridized carbons (Fsp3) is 0.300. The van der Waals surface area contributed by atoms with Gasteiger partial charge < -0.3 is 9.64 Å². The molecule has 9 heteroatoms. The van der Waals surface area contributed by atoms with Crippen LogP contribution in [0.3, 0.4) is 0 Å². The summed E-state index contributed by atoms with van der Waals surface area (Å²) in [5.41, 5.74) is 1.90. The van der Waals surface area contributed by atoms with Gasteiger partial charge in [-0.25, -0.2) is 17.8 Å². The summed E-state index contributed by atoms with van der Waals surface area (Å²) in [6, 6.07) is 4.67. The van der Waals surface area contributed by atoms with E-state index in [0.717, 1.165) is 11.9 Å². The normalized spacial score (nSPS) is 14.3. The minimum atomic E-state index is -3.62. The van der Waals surface area contributed by atoms with Gasteiger partial charge in [0.15, 0.2) is 21.3 Å². The summed E-state index contributed by atoms with van der Waals surface area (Å²) in [6.07, 6.45) is 4.89. The molecule has 2 aromatic heterocycles. The third kappa shape index (κ3) is 3.05. The topological polar surface area (TPSA) is 88.2 Å². The summed E-state index contributed by atoms with van der Waals surface area (Å²) in [5, 5.41) is 7.65. The molecule has 4 rings (SSSR count). The number of halogens is 1. The third-order valence-electron chi connectivity index (χ3n) is 4.90. The second-order valence-electron chi connectivity index (χ2n) is 7.79. The number of pyridine rings is 1. The molecule has 0 saturated heterocycles. The highest BCUT2D eigenvalue weighted by atomic mass is 32.2. The third-order valence-corrected chi connectivity index (χ3v) is 7.41. The highest BCUT2D eigenvalue weighted by Crippen LogP contribution is 2.41. The SMILES string of the molecule is COc1cc2c(cc1S(=O)(=O)C(C)(C)C)C=CCN2c1n[nH]c2ncc(F)cc12. The molecular formula is C20H21FN4O3S. The summed E-state index contributed by atoms with van der Waals surface area (Å²) < 4.78 is 44.3. The number of methoxy groups -OCH3 is 1. The molecule has 1 aliphatic rings. The van der Waals surface area contributed by atoms with Crippen molar-refractivity contribution in [1.29, 1.82) is 0 Å². The standard InChI is InChI=1S/C20H21FN4O3S/c1-20(2,3)29(26,27)17-8-12-6-5-7-25(15(12)10-16(17)28-4)19-14-9-13(21)11-22-18(14)23-24-19/h5-6,8-11H,7H2,1-4H3,(H,22,23,24). The van der Waals surface area contributed by atoms with Crippen molar-refractivity contribution in [2.45, 2.75) is 30.4 Å². The number of sulfone groups is 1. The molecule has 1 N–H and O–H groups in total. The number of aromatic nitrogens is 3. The van der Waals surface area contributed by atoms with Crippen molar-refractivity contribution in [2.75, 3.05) is 18.6 Å². The van der Waals surface area contributed by atoms with Crippen molar-refractivity contribution >= 4 is 38.5 Å². The number of aromatic amines is 1. The van der Waals surface area contributed by atoms with Crippen molar-refractivity contribution in [3.05, 3.63) is 41.9 Å². The molecule has 0 amide bonds. The zero-order chi connectivity index (χ0) is 21.0. The van der Waals surface area contributed by atoms with Crippen LogP contribution in [0.2, 0.25) is 0 Å². The van der Waals surface area contributed by atoms with Gasteiger partial charge in [-0.1, -0.05) is 12.2 Å². The minimum Gasteiger partial charge on any atom is -0.495 e. The number of rotatable bonds is 3. The largest absolute Gasteiger partial charge is 0.495 e. The van der Waals surface area contributed by atoms with Gasteiger partial charge in [-0.2, -0.15) is 5.10 Å². The van der Waals surface area contributed by atoms with Crippen molar-refractivity contribution in [3.8, 4) is 5.75 Å². The molecule has 1 aliphatic heterocycles. The number of nitrogens with zero attached hydrogens (tertiary/aromatic N) is 3. The van der Waals surface area contributed by atoms with Crippen molar-refractivity contribution in [3.63, 3.8) is 0 Å². The van der Waals surface area contributed by atoms with E-state index < -0.39 is 20.4 Å². The van der Waals surface area contributed by atoms with Crippen LogP contribution >= 0.6 is 0 Å². The lowest BCUT2D eigenvalue weighted by Crippen LogP contribution is -2.29. The number of ether oxygens (including phenoxy) is 1. The van der Waals surface area contributed by atoms with Crippen LogP contribution in [-0.4, -0.2) is 42.0 Å².